The van der Waals surface area contributed by atoms with E-state index in [-0.39, 0.29) is 10.8 Å². The number of nitrogens with zero attached hydrogens (tertiary/aromatic N) is 1. The van der Waals surface area contributed by atoms with Crippen molar-refractivity contribution in [2.45, 2.75) is 59.3 Å². The van der Waals surface area contributed by atoms with E-state index in [1.54, 1.807) is 0 Å². The fourth-order valence-electron chi connectivity index (χ4n) is 1.89. The van der Waals surface area contributed by atoms with Gasteiger partial charge < -0.3 is 0 Å². The van der Waals surface area contributed by atoms with Gasteiger partial charge in [-0.1, -0.05) is 41.5 Å². The van der Waals surface area contributed by atoms with Gasteiger partial charge in [0.2, 0.25) is 0 Å². The lowest BCUT2D eigenvalue weighted by Crippen LogP contribution is -2.21. The Morgan fingerprint density at radius 2 is 1.43 bits per heavy atom. The van der Waals surface area contributed by atoms with E-state index in [9.17, 15) is 0 Å². The van der Waals surface area contributed by atoms with Crippen LogP contribution in [-0.4, -0.2) is 10.2 Å². The van der Waals surface area contributed by atoms with Gasteiger partial charge in [-0.25, -0.2) is 0 Å². The number of hydrogen-bond donors (Lipinski definition) is 1. The van der Waals surface area contributed by atoms with Crippen molar-refractivity contribution in [1.29, 1.82) is 0 Å². The molecule has 2 nitrogen and oxygen atoms in total. The first-order valence-electron chi connectivity index (χ1n) is 5.20. The smallest absolute Gasteiger partial charge is 0.0715 e. The maximum Gasteiger partial charge on any atom is 0.0715 e. The Labute approximate surface area is 87.1 Å². The van der Waals surface area contributed by atoms with Crippen LogP contribution in [0.1, 0.15) is 58.5 Å². The number of nitrogens with one attached hydrogen (secondary N) is 1. The highest BCUT2D eigenvalue weighted by Gasteiger charge is 2.29. The molecule has 0 radical (unpaired) electrons. The molecule has 0 bridgehead atoms. The summed E-state index contributed by atoms with van der Waals surface area (Å²) in [4.78, 5) is 0. The van der Waals surface area contributed by atoms with Crippen molar-refractivity contribution < 1.29 is 0 Å². The summed E-state index contributed by atoms with van der Waals surface area (Å²) in [6.07, 6.45) is 0. The molecular weight excluding hydrogens is 172 g/mol. The van der Waals surface area contributed by atoms with Gasteiger partial charge in [-0.15, -0.1) is 0 Å². The van der Waals surface area contributed by atoms with Crippen LogP contribution in [0.5, 0.6) is 0 Å². The number of aromatic nitrogens is 2. The second-order valence-electron chi connectivity index (χ2n) is 6.07. The first kappa shape index (κ1) is 11.3. The van der Waals surface area contributed by atoms with Crippen LogP contribution in [0.25, 0.3) is 0 Å². The third-order valence-corrected chi connectivity index (χ3v) is 2.41. The molecule has 0 aliphatic heterocycles. The summed E-state index contributed by atoms with van der Waals surface area (Å²) < 4.78 is 0. The van der Waals surface area contributed by atoms with E-state index in [1.807, 2.05) is 0 Å². The van der Waals surface area contributed by atoms with Crippen LogP contribution in [0.4, 0.5) is 0 Å². The van der Waals surface area contributed by atoms with Crippen molar-refractivity contribution in [3.05, 3.63) is 17.0 Å². The third-order valence-electron chi connectivity index (χ3n) is 2.41. The van der Waals surface area contributed by atoms with Crippen LogP contribution in [0.2, 0.25) is 0 Å². The van der Waals surface area contributed by atoms with Crippen LogP contribution in [0.3, 0.4) is 0 Å². The zero-order valence-corrected chi connectivity index (χ0v) is 10.4. The quantitative estimate of drug-likeness (QED) is 0.674. The zero-order chi connectivity index (χ0) is 11.1. The highest BCUT2D eigenvalue weighted by molar-refractivity contribution is 5.35. The Hall–Kier alpha value is -0.790. The number of rotatable bonds is 0. The van der Waals surface area contributed by atoms with Crippen LogP contribution in [-0.2, 0) is 10.8 Å². The molecule has 0 saturated heterocycles. The van der Waals surface area contributed by atoms with Gasteiger partial charge in [0.15, 0.2) is 0 Å². The maximum atomic E-state index is 4.43. The molecule has 0 aliphatic carbocycles. The molecule has 0 spiro atoms. The van der Waals surface area contributed by atoms with E-state index in [0.717, 1.165) is 0 Å². The molecule has 0 aliphatic rings. The van der Waals surface area contributed by atoms with E-state index in [4.69, 9.17) is 0 Å². The molecule has 0 atom stereocenters. The summed E-state index contributed by atoms with van der Waals surface area (Å²) in [6, 6.07) is 0. The number of hydrogen-bond acceptors (Lipinski definition) is 1. The summed E-state index contributed by atoms with van der Waals surface area (Å²) in [5.41, 5.74) is 4.04. The molecule has 80 valence electrons. The van der Waals surface area contributed by atoms with Crippen molar-refractivity contribution in [3.8, 4) is 0 Å². The molecule has 0 amide bonds. The first-order valence-corrected chi connectivity index (χ1v) is 5.20. The van der Waals surface area contributed by atoms with Gasteiger partial charge in [0.1, 0.15) is 0 Å². The minimum atomic E-state index is 0.118. The van der Waals surface area contributed by atoms with Gasteiger partial charge in [0, 0.05) is 16.7 Å². The second-order valence-corrected chi connectivity index (χ2v) is 6.07. The highest BCUT2D eigenvalue weighted by Crippen LogP contribution is 2.33. The molecule has 1 rings (SSSR count). The average Bonchev–Trinajstić information content (AvgIpc) is 2.27. The summed E-state index contributed by atoms with van der Waals surface area (Å²) in [6.45, 7) is 15.4. The summed E-state index contributed by atoms with van der Waals surface area (Å²) >= 11 is 0. The van der Waals surface area contributed by atoms with E-state index in [0.29, 0.717) is 0 Å². The molecule has 1 aromatic heterocycles. The Balaban J connectivity index is 3.35. The molecule has 2 heteroatoms. The van der Waals surface area contributed by atoms with E-state index in [2.05, 4.69) is 58.7 Å². The Morgan fingerprint density at radius 3 is 1.71 bits per heavy atom. The fraction of sp³-hybridized carbons (Fsp3) is 0.750. The van der Waals surface area contributed by atoms with Crippen LogP contribution in [0, 0.1) is 6.92 Å². The Kier molecular flexibility index (Phi) is 2.51. The maximum absolute atomic E-state index is 4.43. The van der Waals surface area contributed by atoms with Gasteiger partial charge in [-0.05, 0) is 12.3 Å². The minimum Gasteiger partial charge on any atom is -0.282 e. The average molecular weight is 194 g/mol. The lowest BCUT2D eigenvalue weighted by Gasteiger charge is -2.25. The summed E-state index contributed by atoms with van der Waals surface area (Å²) in [7, 11) is 0. The van der Waals surface area contributed by atoms with Crippen LogP contribution < -0.4 is 0 Å². The van der Waals surface area contributed by atoms with E-state index >= 15 is 0 Å². The molecule has 0 fully saturated rings. The Bertz CT molecular complexity index is 321. The zero-order valence-electron chi connectivity index (χ0n) is 10.4. The number of aromatic amines is 1. The predicted molar refractivity (Wildman–Crippen MR) is 60.7 cm³/mol. The van der Waals surface area contributed by atoms with Gasteiger partial charge in [-0.2, -0.15) is 5.10 Å². The molecule has 14 heavy (non-hydrogen) atoms. The number of H-pyrrole nitrogens is 1. The third kappa shape index (κ3) is 1.99. The monoisotopic (exact) mass is 194 g/mol. The van der Waals surface area contributed by atoms with Crippen LogP contribution in [0.15, 0.2) is 0 Å². The molecule has 0 saturated carbocycles. The number of aryl methyl sites for hydroxylation is 1. The van der Waals surface area contributed by atoms with Crippen molar-refractivity contribution in [3.63, 3.8) is 0 Å². The molecule has 1 heterocycles. The largest absolute Gasteiger partial charge is 0.282 e. The normalized spacial score (nSPS) is 13.4. The lowest BCUT2D eigenvalue weighted by atomic mass is 9.78. The fourth-order valence-corrected chi connectivity index (χ4v) is 1.89. The van der Waals surface area contributed by atoms with Crippen molar-refractivity contribution in [1.82, 2.24) is 10.2 Å². The minimum absolute atomic E-state index is 0.118. The highest BCUT2D eigenvalue weighted by atomic mass is 15.1. The standard InChI is InChI=1S/C12H22N2/c1-8-9(11(2,3)4)10(14-13-8)12(5,6)7/h1-7H3,(H,13,14). The molecule has 0 aromatic carbocycles. The Morgan fingerprint density at radius 1 is 0.929 bits per heavy atom. The topological polar surface area (TPSA) is 28.7 Å². The van der Waals surface area contributed by atoms with Gasteiger partial charge >= 0.3 is 0 Å². The van der Waals surface area contributed by atoms with Crippen molar-refractivity contribution in [2.24, 2.45) is 0 Å². The van der Waals surface area contributed by atoms with Crippen molar-refractivity contribution >= 4 is 0 Å². The summed E-state index contributed by atoms with van der Waals surface area (Å²) in [5, 5.41) is 7.53. The van der Waals surface area contributed by atoms with Gasteiger partial charge in [0.25, 0.3) is 0 Å². The molecule has 0 unspecified atom stereocenters. The first-order chi connectivity index (χ1) is 6.14. The SMILES string of the molecule is Cc1[nH]nc(C(C)(C)C)c1C(C)(C)C. The molecule has 1 aromatic rings. The molecular formula is C12H22N2. The lowest BCUT2D eigenvalue weighted by molar-refractivity contribution is 0.519. The predicted octanol–water partition coefficient (Wildman–Crippen LogP) is 3.31. The van der Waals surface area contributed by atoms with E-state index in [1.165, 1.54) is 17.0 Å². The van der Waals surface area contributed by atoms with E-state index < -0.39 is 0 Å². The van der Waals surface area contributed by atoms with Crippen molar-refractivity contribution in [2.75, 3.05) is 0 Å². The summed E-state index contributed by atoms with van der Waals surface area (Å²) in [5.74, 6) is 0. The van der Waals surface area contributed by atoms with Crippen LogP contribution >= 0.6 is 0 Å². The van der Waals surface area contributed by atoms with Gasteiger partial charge in [0.05, 0.1) is 5.69 Å². The van der Waals surface area contributed by atoms with Gasteiger partial charge in [-0.3, -0.25) is 5.10 Å². The molecule has 1 N–H and O–H groups in total. The second kappa shape index (κ2) is 3.11.